The molecule has 0 aliphatic rings. The van der Waals surface area contributed by atoms with Crippen molar-refractivity contribution in [1.29, 1.82) is 0 Å². The molecule has 6 rings (SSSR count). The molecule has 0 atom stereocenters. The third-order valence-electron chi connectivity index (χ3n) is 6.04. The summed E-state index contributed by atoms with van der Waals surface area (Å²) in [6, 6.07) is 19.2. The summed E-state index contributed by atoms with van der Waals surface area (Å²) < 4.78 is 0. The molecule has 0 fully saturated rings. The van der Waals surface area contributed by atoms with Gasteiger partial charge in [-0.1, -0.05) is 35.9 Å². The Morgan fingerprint density at radius 3 is 2.61 bits per heavy atom. The number of anilines is 3. The summed E-state index contributed by atoms with van der Waals surface area (Å²) in [5.41, 5.74) is 5.83. The lowest BCUT2D eigenvalue weighted by atomic mass is 10.1. The second-order valence-electron chi connectivity index (χ2n) is 8.57. The van der Waals surface area contributed by atoms with Crippen LogP contribution in [-0.4, -0.2) is 42.5 Å². The summed E-state index contributed by atoms with van der Waals surface area (Å²) in [6.45, 7) is 0.100. The summed E-state index contributed by atoms with van der Waals surface area (Å²) in [4.78, 5) is 29.1. The molecule has 6 aromatic rings. The normalized spacial score (nSPS) is 11.0. The number of hydrogen-bond donors (Lipinski definition) is 4. The van der Waals surface area contributed by atoms with Crippen LogP contribution in [0.3, 0.4) is 0 Å². The fourth-order valence-electron chi connectivity index (χ4n) is 4.08. The van der Waals surface area contributed by atoms with Gasteiger partial charge in [0.2, 0.25) is 0 Å². The lowest BCUT2D eigenvalue weighted by Crippen LogP contribution is -2.14. The third kappa shape index (κ3) is 4.95. The highest BCUT2D eigenvalue weighted by atomic mass is 35.5. The highest BCUT2D eigenvalue weighted by molar-refractivity contribution is 6.33. The van der Waals surface area contributed by atoms with Crippen molar-refractivity contribution < 1.29 is 4.79 Å². The van der Waals surface area contributed by atoms with Crippen molar-refractivity contribution in [2.45, 2.75) is 0 Å². The van der Waals surface area contributed by atoms with Gasteiger partial charge in [-0.2, -0.15) is 5.10 Å². The average Bonchev–Trinajstić information content (AvgIpc) is 3.63. The number of hydrogen-bond acceptors (Lipinski definition) is 7. The predicted octanol–water partition coefficient (Wildman–Crippen LogP) is 6.10. The number of aromatic nitrogens is 6. The highest BCUT2D eigenvalue weighted by Gasteiger charge is 2.12. The summed E-state index contributed by atoms with van der Waals surface area (Å²) in [7, 11) is 0. The first-order valence-corrected chi connectivity index (χ1v) is 12.2. The molecule has 0 aliphatic heterocycles. The van der Waals surface area contributed by atoms with E-state index in [1.54, 1.807) is 24.7 Å². The van der Waals surface area contributed by atoms with Gasteiger partial charge >= 0.3 is 0 Å². The molecule has 186 valence electrons. The molecule has 0 radical (unpaired) electrons. The minimum atomic E-state index is -0.0862. The number of rotatable bonds is 8. The summed E-state index contributed by atoms with van der Waals surface area (Å²) in [5.74, 6) is 1.16. The third-order valence-corrected chi connectivity index (χ3v) is 6.34. The number of carbonyl (C=O) groups excluding carboxylic acids is 1. The molecule has 10 heteroatoms. The first-order chi connectivity index (χ1) is 18.6. The molecule has 2 aromatic carbocycles. The first kappa shape index (κ1) is 23.4. The second kappa shape index (κ2) is 10.2. The van der Waals surface area contributed by atoms with E-state index in [2.05, 4.69) is 40.8 Å². The number of ketones is 1. The standard InChI is InChI=1S/C28H21ClN8O/c29-22-15-30-9-7-23(22)32-16-26(38)25-11-18-1-2-19(12-24(18)36-25)28-31-10-8-27(37-28)35-21-5-3-17(4-6-21)20-13-33-34-14-20/h1-15,36H,16H2,(H,30,32)(H,33,34)(H,31,35,37). The van der Waals surface area contributed by atoms with Crippen molar-refractivity contribution in [2.75, 3.05) is 17.2 Å². The molecule has 38 heavy (non-hydrogen) atoms. The molecular weight excluding hydrogens is 500 g/mol. The van der Waals surface area contributed by atoms with Crippen molar-refractivity contribution in [3.05, 3.63) is 102 Å². The van der Waals surface area contributed by atoms with Crippen LogP contribution in [0.25, 0.3) is 33.4 Å². The minimum Gasteiger partial charge on any atom is -0.376 e. The zero-order valence-electron chi connectivity index (χ0n) is 19.9. The number of aromatic amines is 2. The molecule has 4 N–H and O–H groups in total. The van der Waals surface area contributed by atoms with Gasteiger partial charge < -0.3 is 15.6 Å². The van der Waals surface area contributed by atoms with Crippen LogP contribution < -0.4 is 10.6 Å². The molecule has 0 amide bonds. The van der Waals surface area contributed by atoms with Crippen LogP contribution in [-0.2, 0) is 0 Å². The molecule has 0 bridgehead atoms. The van der Waals surface area contributed by atoms with Gasteiger partial charge in [0.15, 0.2) is 11.6 Å². The van der Waals surface area contributed by atoms with Crippen LogP contribution in [0.15, 0.2) is 91.6 Å². The topological polar surface area (TPSA) is 124 Å². The van der Waals surface area contributed by atoms with Crippen LogP contribution in [0.5, 0.6) is 0 Å². The number of fused-ring (bicyclic) bond motifs is 1. The van der Waals surface area contributed by atoms with Crippen LogP contribution in [0.4, 0.5) is 17.2 Å². The van der Waals surface area contributed by atoms with E-state index >= 15 is 0 Å². The van der Waals surface area contributed by atoms with E-state index in [1.807, 2.05) is 60.8 Å². The summed E-state index contributed by atoms with van der Waals surface area (Å²) >= 11 is 6.11. The maximum Gasteiger partial charge on any atom is 0.197 e. The summed E-state index contributed by atoms with van der Waals surface area (Å²) in [5, 5.41) is 14.6. The first-order valence-electron chi connectivity index (χ1n) is 11.8. The number of nitrogens with zero attached hydrogens (tertiary/aromatic N) is 4. The lowest BCUT2D eigenvalue weighted by Gasteiger charge is -2.08. The Kier molecular flexibility index (Phi) is 6.25. The van der Waals surface area contributed by atoms with E-state index in [4.69, 9.17) is 11.6 Å². The number of H-pyrrole nitrogens is 2. The molecule has 9 nitrogen and oxygen atoms in total. The fourth-order valence-corrected chi connectivity index (χ4v) is 4.26. The number of halogens is 1. The Morgan fingerprint density at radius 2 is 1.79 bits per heavy atom. The van der Waals surface area contributed by atoms with Gasteiger partial charge in [0.1, 0.15) is 5.82 Å². The SMILES string of the molecule is O=C(CNc1ccncc1Cl)c1cc2ccc(-c3nccc(Nc4ccc(-c5cn[nH]c5)cc4)n3)cc2[nH]1. The molecule has 4 heterocycles. The Morgan fingerprint density at radius 1 is 0.921 bits per heavy atom. The Labute approximate surface area is 222 Å². The van der Waals surface area contributed by atoms with Gasteiger partial charge in [0, 0.05) is 52.5 Å². The van der Waals surface area contributed by atoms with Crippen molar-refractivity contribution >= 4 is 45.5 Å². The Hall–Kier alpha value is -5.02. The van der Waals surface area contributed by atoms with Crippen molar-refractivity contribution in [3.63, 3.8) is 0 Å². The van der Waals surface area contributed by atoms with Gasteiger partial charge in [-0.15, -0.1) is 0 Å². The second-order valence-corrected chi connectivity index (χ2v) is 8.98. The summed E-state index contributed by atoms with van der Waals surface area (Å²) in [6.07, 6.45) is 8.51. The van der Waals surface area contributed by atoms with E-state index in [9.17, 15) is 4.79 Å². The van der Waals surface area contributed by atoms with Crippen molar-refractivity contribution in [1.82, 2.24) is 30.1 Å². The zero-order chi connectivity index (χ0) is 25.9. The van der Waals surface area contributed by atoms with E-state index in [-0.39, 0.29) is 12.3 Å². The van der Waals surface area contributed by atoms with Crippen LogP contribution >= 0.6 is 11.6 Å². The largest absolute Gasteiger partial charge is 0.376 e. The average molecular weight is 521 g/mol. The molecular formula is C28H21ClN8O. The van der Waals surface area contributed by atoms with Gasteiger partial charge in [-0.3, -0.25) is 14.9 Å². The number of benzene rings is 2. The molecule has 0 spiro atoms. The van der Waals surface area contributed by atoms with E-state index in [0.717, 1.165) is 33.3 Å². The van der Waals surface area contributed by atoms with Crippen LogP contribution in [0, 0.1) is 0 Å². The van der Waals surface area contributed by atoms with Crippen molar-refractivity contribution in [3.8, 4) is 22.5 Å². The monoisotopic (exact) mass is 520 g/mol. The van der Waals surface area contributed by atoms with Crippen molar-refractivity contribution in [2.24, 2.45) is 0 Å². The van der Waals surface area contributed by atoms with Crippen LogP contribution in [0.1, 0.15) is 10.5 Å². The maximum absolute atomic E-state index is 12.8. The smallest absolute Gasteiger partial charge is 0.197 e. The van der Waals surface area contributed by atoms with E-state index in [1.165, 1.54) is 6.20 Å². The number of carbonyl (C=O) groups is 1. The minimum absolute atomic E-state index is 0.0862. The molecule has 0 saturated carbocycles. The van der Waals surface area contributed by atoms with Crippen LogP contribution in [0.2, 0.25) is 5.02 Å². The van der Waals surface area contributed by atoms with Gasteiger partial charge in [-0.05, 0) is 42.0 Å². The molecule has 4 aromatic heterocycles. The van der Waals surface area contributed by atoms with E-state index < -0.39 is 0 Å². The fraction of sp³-hybridized carbons (Fsp3) is 0.0357. The van der Waals surface area contributed by atoms with Gasteiger partial charge in [0.05, 0.1) is 29.1 Å². The number of pyridine rings is 1. The Bertz CT molecular complexity index is 1730. The van der Waals surface area contributed by atoms with Gasteiger partial charge in [0.25, 0.3) is 0 Å². The quantitative estimate of drug-likeness (QED) is 0.179. The van der Waals surface area contributed by atoms with Gasteiger partial charge in [-0.25, -0.2) is 9.97 Å². The zero-order valence-corrected chi connectivity index (χ0v) is 20.7. The molecule has 0 aliphatic carbocycles. The predicted molar refractivity (Wildman–Crippen MR) is 149 cm³/mol. The Balaban J connectivity index is 1.17. The number of nitrogens with one attached hydrogen (secondary N) is 4. The van der Waals surface area contributed by atoms with E-state index in [0.29, 0.717) is 28.0 Å². The highest BCUT2D eigenvalue weighted by Crippen LogP contribution is 2.26. The molecule has 0 unspecified atom stereocenters. The molecule has 0 saturated heterocycles. The number of Topliss-reactive ketones (excluding diaryl/α,β-unsaturated/α-hetero) is 1. The maximum atomic E-state index is 12.8. The lowest BCUT2D eigenvalue weighted by molar-refractivity contribution is 0.100.